The van der Waals surface area contributed by atoms with E-state index in [2.05, 4.69) is 34.1 Å². The number of rotatable bonds is 8. The smallest absolute Gasteiger partial charge is 0.410 e. The Morgan fingerprint density at radius 3 is 2.39 bits per heavy atom. The predicted octanol–water partition coefficient (Wildman–Crippen LogP) is 5.33. The summed E-state index contributed by atoms with van der Waals surface area (Å²) < 4.78 is 11.6. The minimum atomic E-state index is -0.507. The summed E-state index contributed by atoms with van der Waals surface area (Å²) in [6.45, 7) is 5.71. The van der Waals surface area contributed by atoms with Crippen LogP contribution in [0.25, 0.3) is 0 Å². The summed E-state index contributed by atoms with van der Waals surface area (Å²) in [5.74, 6) is 0. The minimum Gasteiger partial charge on any atom is -0.443 e. The van der Waals surface area contributed by atoms with Gasteiger partial charge in [-0.2, -0.15) is 0 Å². The van der Waals surface area contributed by atoms with Gasteiger partial charge in [-0.15, -0.1) is 0 Å². The van der Waals surface area contributed by atoms with Crippen molar-refractivity contribution in [2.75, 3.05) is 13.1 Å². The van der Waals surface area contributed by atoms with Crippen LogP contribution in [0, 0.1) is 0 Å². The number of aryl methyl sites for hydroxylation is 1. The van der Waals surface area contributed by atoms with Crippen LogP contribution in [0.3, 0.4) is 0 Å². The summed E-state index contributed by atoms with van der Waals surface area (Å²) >= 11 is 3.53. The Balaban J connectivity index is 1.40. The average molecular weight is 446 g/mol. The van der Waals surface area contributed by atoms with E-state index in [0.29, 0.717) is 19.7 Å². The largest absolute Gasteiger partial charge is 0.443 e. The van der Waals surface area contributed by atoms with E-state index >= 15 is 0 Å². The summed E-state index contributed by atoms with van der Waals surface area (Å²) in [6.07, 6.45) is 1.50. The monoisotopic (exact) mass is 445 g/mol. The molecular formula is C23H28BrNO3. The van der Waals surface area contributed by atoms with Gasteiger partial charge in [0.05, 0.1) is 25.8 Å². The molecule has 0 bridgehead atoms. The lowest BCUT2D eigenvalue weighted by molar-refractivity contribution is -0.0724. The average Bonchev–Trinajstić information content (AvgIpc) is 2.66. The first kappa shape index (κ1) is 20.9. The van der Waals surface area contributed by atoms with E-state index in [9.17, 15) is 4.79 Å². The molecule has 0 aliphatic carbocycles. The van der Waals surface area contributed by atoms with Gasteiger partial charge in [-0.25, -0.2) is 4.79 Å². The normalized spacial score (nSPS) is 14.6. The molecule has 0 aromatic heterocycles. The maximum Gasteiger partial charge on any atom is 0.410 e. The van der Waals surface area contributed by atoms with Crippen molar-refractivity contribution in [1.29, 1.82) is 0 Å². The standard InChI is InChI=1S/C23H28BrNO3/c1-23(2,13-12-19-10-6-7-11-20(19)14-24)28-22(26)25-15-21(16-25)27-17-18-8-4-3-5-9-18/h3-11,21H,12-17H2,1-2H3. The zero-order valence-electron chi connectivity index (χ0n) is 16.6. The number of carbonyl (C=O) groups excluding carboxylic acids is 1. The number of hydrogen-bond donors (Lipinski definition) is 0. The summed E-state index contributed by atoms with van der Waals surface area (Å²) in [7, 11) is 0. The van der Waals surface area contributed by atoms with Crippen molar-refractivity contribution in [1.82, 2.24) is 4.90 Å². The molecule has 0 atom stereocenters. The molecule has 2 aromatic rings. The summed E-state index contributed by atoms with van der Waals surface area (Å²) in [6, 6.07) is 18.4. The Labute approximate surface area is 176 Å². The fraction of sp³-hybridized carbons (Fsp3) is 0.435. The number of hydrogen-bond acceptors (Lipinski definition) is 3. The van der Waals surface area contributed by atoms with Crippen LogP contribution in [-0.2, 0) is 27.8 Å². The fourth-order valence-electron chi connectivity index (χ4n) is 3.20. The van der Waals surface area contributed by atoms with Crippen molar-refractivity contribution >= 4 is 22.0 Å². The van der Waals surface area contributed by atoms with Crippen molar-refractivity contribution in [2.24, 2.45) is 0 Å². The first-order chi connectivity index (χ1) is 13.5. The Morgan fingerprint density at radius 2 is 1.71 bits per heavy atom. The van der Waals surface area contributed by atoms with Crippen molar-refractivity contribution < 1.29 is 14.3 Å². The molecule has 150 valence electrons. The molecule has 1 fully saturated rings. The number of amides is 1. The second-order valence-electron chi connectivity index (χ2n) is 7.85. The van der Waals surface area contributed by atoms with Gasteiger partial charge in [0.15, 0.2) is 0 Å². The molecule has 28 heavy (non-hydrogen) atoms. The Kier molecular flexibility index (Phi) is 7.13. The summed E-state index contributed by atoms with van der Waals surface area (Å²) in [5, 5.41) is 0.835. The van der Waals surface area contributed by atoms with Crippen LogP contribution < -0.4 is 0 Å². The van der Waals surface area contributed by atoms with Gasteiger partial charge < -0.3 is 14.4 Å². The van der Waals surface area contributed by atoms with E-state index in [4.69, 9.17) is 9.47 Å². The van der Waals surface area contributed by atoms with Gasteiger partial charge in [0.2, 0.25) is 0 Å². The number of carbonyl (C=O) groups is 1. The topological polar surface area (TPSA) is 38.8 Å². The highest BCUT2D eigenvalue weighted by Crippen LogP contribution is 2.24. The second-order valence-corrected chi connectivity index (χ2v) is 8.41. The number of likely N-dealkylation sites (tertiary alicyclic amines) is 1. The molecule has 1 amide bonds. The molecule has 1 heterocycles. The lowest BCUT2D eigenvalue weighted by Crippen LogP contribution is -2.56. The van der Waals surface area contributed by atoms with Crippen LogP contribution in [0.15, 0.2) is 54.6 Å². The molecule has 1 aliphatic rings. The highest BCUT2D eigenvalue weighted by molar-refractivity contribution is 9.08. The highest BCUT2D eigenvalue weighted by Gasteiger charge is 2.35. The highest BCUT2D eigenvalue weighted by atomic mass is 79.9. The molecular weight excluding hydrogens is 418 g/mol. The van der Waals surface area contributed by atoms with E-state index in [1.54, 1.807) is 4.90 Å². The van der Waals surface area contributed by atoms with Gasteiger partial charge in [0.1, 0.15) is 5.60 Å². The molecule has 1 saturated heterocycles. The third-order valence-corrected chi connectivity index (χ3v) is 5.66. The van der Waals surface area contributed by atoms with Gasteiger partial charge in [-0.3, -0.25) is 0 Å². The number of ether oxygens (including phenoxy) is 2. The lowest BCUT2D eigenvalue weighted by atomic mass is 9.96. The van der Waals surface area contributed by atoms with Crippen LogP contribution in [0.4, 0.5) is 4.79 Å². The Hall–Kier alpha value is -1.85. The summed E-state index contributed by atoms with van der Waals surface area (Å²) in [4.78, 5) is 14.1. The maximum atomic E-state index is 12.4. The quantitative estimate of drug-likeness (QED) is 0.515. The van der Waals surface area contributed by atoms with Gasteiger partial charge in [-0.05, 0) is 43.4 Å². The van der Waals surface area contributed by atoms with Crippen molar-refractivity contribution in [3.8, 4) is 0 Å². The minimum absolute atomic E-state index is 0.0849. The molecule has 5 heteroatoms. The van der Waals surface area contributed by atoms with Crippen molar-refractivity contribution in [3.05, 3.63) is 71.3 Å². The van der Waals surface area contributed by atoms with E-state index < -0.39 is 5.60 Å². The van der Waals surface area contributed by atoms with Gasteiger partial charge in [0.25, 0.3) is 0 Å². The van der Waals surface area contributed by atoms with Crippen LogP contribution >= 0.6 is 15.9 Å². The molecule has 1 aliphatic heterocycles. The van der Waals surface area contributed by atoms with E-state index in [0.717, 1.165) is 23.7 Å². The van der Waals surface area contributed by atoms with Crippen LogP contribution in [0.1, 0.15) is 37.0 Å². The van der Waals surface area contributed by atoms with Gasteiger partial charge in [0, 0.05) is 5.33 Å². The van der Waals surface area contributed by atoms with Crippen molar-refractivity contribution in [2.45, 2.75) is 50.3 Å². The summed E-state index contributed by atoms with van der Waals surface area (Å²) in [5.41, 5.74) is 3.22. The first-order valence-corrected chi connectivity index (χ1v) is 10.9. The van der Waals surface area contributed by atoms with Crippen LogP contribution in [-0.4, -0.2) is 35.8 Å². The SMILES string of the molecule is CC(C)(CCc1ccccc1CBr)OC(=O)N1CC(OCc2ccccc2)C1. The number of nitrogens with zero attached hydrogens (tertiary/aromatic N) is 1. The molecule has 0 saturated carbocycles. The molecule has 0 radical (unpaired) electrons. The fourth-order valence-corrected chi connectivity index (χ4v) is 3.75. The van der Waals surface area contributed by atoms with E-state index in [1.807, 2.05) is 50.2 Å². The molecule has 0 spiro atoms. The maximum absolute atomic E-state index is 12.4. The van der Waals surface area contributed by atoms with Crippen LogP contribution in [0.2, 0.25) is 0 Å². The first-order valence-electron chi connectivity index (χ1n) is 9.73. The zero-order valence-corrected chi connectivity index (χ0v) is 18.2. The molecule has 2 aromatic carbocycles. The van der Waals surface area contributed by atoms with Crippen LogP contribution in [0.5, 0.6) is 0 Å². The Morgan fingerprint density at radius 1 is 1.07 bits per heavy atom. The predicted molar refractivity (Wildman–Crippen MR) is 115 cm³/mol. The van der Waals surface area contributed by atoms with E-state index in [-0.39, 0.29) is 12.2 Å². The van der Waals surface area contributed by atoms with E-state index in [1.165, 1.54) is 11.1 Å². The third kappa shape index (κ3) is 5.82. The number of halogens is 1. The second kappa shape index (κ2) is 9.57. The van der Waals surface area contributed by atoms with Gasteiger partial charge in [-0.1, -0.05) is 70.5 Å². The third-order valence-electron chi connectivity index (χ3n) is 5.06. The molecule has 3 rings (SSSR count). The Bertz CT molecular complexity index is 772. The lowest BCUT2D eigenvalue weighted by Gasteiger charge is -2.40. The molecule has 0 unspecified atom stereocenters. The number of benzene rings is 2. The van der Waals surface area contributed by atoms with Crippen molar-refractivity contribution in [3.63, 3.8) is 0 Å². The molecule has 4 nitrogen and oxygen atoms in total. The zero-order chi connectivity index (χ0) is 20.0. The molecule has 0 N–H and O–H groups in total. The van der Waals surface area contributed by atoms with Gasteiger partial charge >= 0.3 is 6.09 Å². The number of alkyl halides is 1.